The van der Waals surface area contributed by atoms with Crippen LogP contribution in [0.5, 0.6) is 5.75 Å². The minimum absolute atomic E-state index is 0.0844. The summed E-state index contributed by atoms with van der Waals surface area (Å²) in [7, 11) is 0. The molecule has 1 aliphatic rings. The predicted octanol–water partition coefficient (Wildman–Crippen LogP) is 4.95. The van der Waals surface area contributed by atoms with Crippen LogP contribution in [0.4, 0.5) is 0 Å². The van der Waals surface area contributed by atoms with Crippen LogP contribution >= 0.6 is 0 Å². The van der Waals surface area contributed by atoms with E-state index in [4.69, 9.17) is 15.5 Å². The molecular weight excluding hydrogens is 426 g/mol. The van der Waals surface area contributed by atoms with Crippen molar-refractivity contribution in [2.45, 2.75) is 51.7 Å². The first-order valence-corrected chi connectivity index (χ1v) is 12.1. The Morgan fingerprint density at radius 2 is 2.00 bits per heavy atom. The van der Waals surface area contributed by atoms with Crippen molar-refractivity contribution in [2.24, 2.45) is 11.7 Å². The van der Waals surface area contributed by atoms with Crippen molar-refractivity contribution in [1.82, 2.24) is 19.7 Å². The highest BCUT2D eigenvalue weighted by molar-refractivity contribution is 5.90. The van der Waals surface area contributed by atoms with E-state index in [1.807, 2.05) is 36.5 Å². The standard InChI is InChI=1S/C27H31N5O2/c1-2-5-22(28)24-8-4-7-23(31-24)19-14-25-21(26(15-19)34-13-12-18-10-11-18)16-29-32(25)27-9-3-6-20(17-33)30-27/h3-4,6-9,14-16,18,22,33H,2,5,10-13,17,28H2,1H3/t22-/m0/s1. The second kappa shape index (κ2) is 9.91. The van der Waals surface area contributed by atoms with Crippen molar-refractivity contribution in [3.63, 3.8) is 0 Å². The molecule has 0 aliphatic heterocycles. The summed E-state index contributed by atoms with van der Waals surface area (Å²) in [6.07, 6.45) is 7.40. The lowest BCUT2D eigenvalue weighted by atomic mass is 10.1. The Labute approximate surface area is 199 Å². The number of hydrogen-bond donors (Lipinski definition) is 2. The van der Waals surface area contributed by atoms with Crippen molar-refractivity contribution in [2.75, 3.05) is 6.61 Å². The molecule has 1 aliphatic carbocycles. The Hall–Kier alpha value is -3.29. The Bertz CT molecular complexity index is 1280. The zero-order valence-electron chi connectivity index (χ0n) is 19.5. The number of nitrogens with two attached hydrogens (primary N) is 1. The lowest BCUT2D eigenvalue weighted by molar-refractivity contribution is 0.276. The summed E-state index contributed by atoms with van der Waals surface area (Å²) >= 11 is 0. The van der Waals surface area contributed by atoms with Crippen LogP contribution in [0.1, 0.15) is 56.5 Å². The van der Waals surface area contributed by atoms with Crippen LogP contribution in [0.15, 0.2) is 54.7 Å². The molecule has 34 heavy (non-hydrogen) atoms. The summed E-state index contributed by atoms with van der Waals surface area (Å²) in [5.74, 6) is 2.24. The maximum Gasteiger partial charge on any atom is 0.154 e. The Kier molecular flexibility index (Phi) is 6.56. The van der Waals surface area contributed by atoms with Crippen molar-refractivity contribution >= 4 is 10.9 Å². The number of aromatic nitrogens is 4. The number of aliphatic hydroxyl groups excluding tert-OH is 1. The fraction of sp³-hybridized carbons (Fsp3) is 0.370. The minimum Gasteiger partial charge on any atom is -0.493 e. The molecule has 0 saturated heterocycles. The molecule has 176 valence electrons. The average Bonchev–Trinajstić information content (AvgIpc) is 3.60. The van der Waals surface area contributed by atoms with Crippen molar-refractivity contribution in [3.05, 3.63) is 66.1 Å². The first-order valence-electron chi connectivity index (χ1n) is 12.1. The number of aliphatic hydroxyl groups is 1. The maximum atomic E-state index is 9.53. The Morgan fingerprint density at radius 3 is 2.79 bits per heavy atom. The Morgan fingerprint density at radius 1 is 1.15 bits per heavy atom. The average molecular weight is 458 g/mol. The molecule has 4 aromatic rings. The summed E-state index contributed by atoms with van der Waals surface area (Å²) < 4.78 is 8.07. The number of hydrogen-bond acceptors (Lipinski definition) is 6. The molecule has 0 unspecified atom stereocenters. The summed E-state index contributed by atoms with van der Waals surface area (Å²) in [6, 6.07) is 15.6. The molecule has 0 amide bonds. The third-order valence-electron chi connectivity index (χ3n) is 6.35. The molecule has 3 heterocycles. The van der Waals surface area contributed by atoms with Gasteiger partial charge in [-0.2, -0.15) is 5.10 Å². The van der Waals surface area contributed by atoms with E-state index < -0.39 is 0 Å². The molecule has 3 aromatic heterocycles. The lowest BCUT2D eigenvalue weighted by Crippen LogP contribution is -2.11. The number of nitrogens with zero attached hydrogens (tertiary/aromatic N) is 4. The topological polar surface area (TPSA) is 99.1 Å². The molecule has 1 atom stereocenters. The van der Waals surface area contributed by atoms with Gasteiger partial charge >= 0.3 is 0 Å². The van der Waals surface area contributed by atoms with Crippen molar-refractivity contribution < 1.29 is 9.84 Å². The molecule has 7 nitrogen and oxygen atoms in total. The molecule has 1 aromatic carbocycles. The smallest absolute Gasteiger partial charge is 0.154 e. The van der Waals surface area contributed by atoms with Gasteiger partial charge in [0.1, 0.15) is 5.75 Å². The molecule has 3 N–H and O–H groups in total. The van der Waals surface area contributed by atoms with Gasteiger partial charge in [0, 0.05) is 11.6 Å². The van der Waals surface area contributed by atoms with Crippen molar-refractivity contribution in [3.8, 4) is 22.8 Å². The number of pyridine rings is 2. The van der Waals surface area contributed by atoms with E-state index in [1.165, 1.54) is 12.8 Å². The van der Waals surface area contributed by atoms with Gasteiger partial charge in [-0.05, 0) is 55.2 Å². The van der Waals surface area contributed by atoms with Gasteiger partial charge in [0.05, 0.1) is 47.4 Å². The van der Waals surface area contributed by atoms with Gasteiger partial charge in [-0.15, -0.1) is 0 Å². The molecule has 0 bridgehead atoms. The summed E-state index contributed by atoms with van der Waals surface area (Å²) in [6.45, 7) is 2.69. The molecule has 7 heteroatoms. The zero-order chi connectivity index (χ0) is 23.5. The summed E-state index contributed by atoms with van der Waals surface area (Å²) in [5, 5.41) is 15.1. The van der Waals surface area contributed by atoms with Crippen LogP contribution in [0, 0.1) is 5.92 Å². The fourth-order valence-corrected chi connectivity index (χ4v) is 4.24. The van der Waals surface area contributed by atoms with Crippen LogP contribution in [0.2, 0.25) is 0 Å². The Balaban J connectivity index is 1.59. The second-order valence-corrected chi connectivity index (χ2v) is 9.03. The zero-order valence-corrected chi connectivity index (χ0v) is 19.5. The number of benzene rings is 1. The van der Waals surface area contributed by atoms with E-state index in [0.717, 1.165) is 58.8 Å². The lowest BCUT2D eigenvalue weighted by Gasteiger charge is -2.13. The molecular formula is C27H31N5O2. The maximum absolute atomic E-state index is 9.53. The third kappa shape index (κ3) is 4.81. The minimum atomic E-state index is -0.122. The number of rotatable bonds is 10. The van der Waals surface area contributed by atoms with Gasteiger partial charge in [0.15, 0.2) is 5.82 Å². The van der Waals surface area contributed by atoms with Crippen LogP contribution < -0.4 is 10.5 Å². The van der Waals surface area contributed by atoms with Gasteiger partial charge in [0.25, 0.3) is 0 Å². The van der Waals surface area contributed by atoms with E-state index in [1.54, 1.807) is 10.7 Å². The number of fused-ring (bicyclic) bond motifs is 1. The third-order valence-corrected chi connectivity index (χ3v) is 6.35. The van der Waals surface area contributed by atoms with Gasteiger partial charge < -0.3 is 15.6 Å². The van der Waals surface area contributed by atoms with Gasteiger partial charge in [-0.25, -0.2) is 9.67 Å². The molecule has 5 rings (SSSR count). The van der Waals surface area contributed by atoms with Crippen LogP contribution in [-0.4, -0.2) is 31.5 Å². The summed E-state index contributed by atoms with van der Waals surface area (Å²) in [5.41, 5.74) is 10.5. The predicted molar refractivity (Wildman–Crippen MR) is 133 cm³/mol. The second-order valence-electron chi connectivity index (χ2n) is 9.03. The van der Waals surface area contributed by atoms with E-state index in [2.05, 4.69) is 29.1 Å². The quantitative estimate of drug-likeness (QED) is 0.349. The highest BCUT2D eigenvalue weighted by Crippen LogP contribution is 2.35. The SMILES string of the molecule is CCC[C@H](N)c1cccc(-c2cc(OCCC3CC3)c3cnn(-c4cccc(CO)n4)c3c2)n1. The first-order chi connectivity index (χ1) is 16.7. The number of ether oxygens (including phenoxy) is 1. The largest absolute Gasteiger partial charge is 0.493 e. The highest BCUT2D eigenvalue weighted by Gasteiger charge is 2.21. The van der Waals surface area contributed by atoms with Crippen LogP contribution in [0.25, 0.3) is 28.0 Å². The van der Waals surface area contributed by atoms with Crippen LogP contribution in [-0.2, 0) is 6.61 Å². The normalized spacial score (nSPS) is 14.4. The molecule has 1 saturated carbocycles. The summed E-state index contributed by atoms with van der Waals surface area (Å²) in [4.78, 5) is 9.43. The fourth-order valence-electron chi connectivity index (χ4n) is 4.24. The highest BCUT2D eigenvalue weighted by atomic mass is 16.5. The van der Waals surface area contributed by atoms with E-state index in [9.17, 15) is 5.11 Å². The van der Waals surface area contributed by atoms with Crippen LogP contribution in [0.3, 0.4) is 0 Å². The van der Waals surface area contributed by atoms with E-state index in [-0.39, 0.29) is 12.6 Å². The first kappa shape index (κ1) is 22.5. The van der Waals surface area contributed by atoms with Crippen molar-refractivity contribution in [1.29, 1.82) is 0 Å². The van der Waals surface area contributed by atoms with Gasteiger partial charge in [0.2, 0.25) is 0 Å². The molecule has 1 fully saturated rings. The monoisotopic (exact) mass is 457 g/mol. The van der Waals surface area contributed by atoms with Gasteiger partial charge in [-0.3, -0.25) is 4.98 Å². The van der Waals surface area contributed by atoms with Gasteiger partial charge in [-0.1, -0.05) is 38.3 Å². The molecule has 0 radical (unpaired) electrons. The molecule has 0 spiro atoms. The van der Waals surface area contributed by atoms with E-state index in [0.29, 0.717) is 18.1 Å². The van der Waals surface area contributed by atoms with E-state index >= 15 is 0 Å².